The third kappa shape index (κ3) is 6.20. The molecule has 3 amide bonds. The number of likely N-dealkylation sites (tertiary alicyclic amines) is 1. The molecule has 4 rings (SSSR count). The molecule has 1 fully saturated rings. The van der Waals surface area contributed by atoms with Crippen LogP contribution in [-0.4, -0.2) is 47.5 Å². The summed E-state index contributed by atoms with van der Waals surface area (Å²) < 4.78 is 19.3. The van der Waals surface area contributed by atoms with Crippen LogP contribution in [0, 0.1) is 12.7 Å². The zero-order chi connectivity index (χ0) is 23.9. The lowest BCUT2D eigenvalue weighted by molar-refractivity contribution is 0.102. The van der Waals surface area contributed by atoms with Crippen LogP contribution in [-0.2, 0) is 6.42 Å². The molecule has 0 atom stereocenters. The van der Waals surface area contributed by atoms with Crippen molar-refractivity contribution in [1.82, 2.24) is 15.2 Å². The van der Waals surface area contributed by atoms with E-state index in [0.717, 1.165) is 38.9 Å². The first kappa shape index (κ1) is 23.4. The minimum atomic E-state index is -0.598. The van der Waals surface area contributed by atoms with Gasteiger partial charge in [-0.05, 0) is 68.1 Å². The van der Waals surface area contributed by atoms with Gasteiger partial charge in [-0.3, -0.25) is 9.78 Å². The van der Waals surface area contributed by atoms with E-state index in [1.165, 1.54) is 36.1 Å². The number of anilines is 2. The Balaban J connectivity index is 1.24. The normalized spacial score (nSPS) is 14.5. The maximum Gasteiger partial charge on any atom is 0.319 e. The number of rotatable bonds is 7. The molecule has 3 aromatic rings. The average molecular weight is 466 g/mol. The van der Waals surface area contributed by atoms with Gasteiger partial charge in [0.25, 0.3) is 5.91 Å². The number of hydrogen-bond donors (Lipinski definition) is 3. The van der Waals surface area contributed by atoms with E-state index in [0.29, 0.717) is 17.0 Å². The Morgan fingerprint density at radius 1 is 1.12 bits per heavy atom. The molecule has 178 valence electrons. The smallest absolute Gasteiger partial charge is 0.319 e. The van der Waals surface area contributed by atoms with E-state index in [1.807, 2.05) is 24.5 Å². The molecule has 1 saturated heterocycles. The van der Waals surface area contributed by atoms with Gasteiger partial charge in [-0.2, -0.15) is 0 Å². The van der Waals surface area contributed by atoms with Gasteiger partial charge >= 0.3 is 6.03 Å². The third-order valence-corrected chi connectivity index (χ3v) is 5.96. The Kier molecular flexibility index (Phi) is 7.54. The van der Waals surface area contributed by atoms with E-state index in [1.54, 1.807) is 6.92 Å². The summed E-state index contributed by atoms with van der Waals surface area (Å²) in [5, 5.41) is 8.24. The largest absolute Gasteiger partial charge is 0.469 e. The number of halogens is 1. The molecule has 9 heteroatoms. The molecule has 0 radical (unpaired) electrons. The lowest BCUT2D eigenvalue weighted by Crippen LogP contribution is -2.46. The number of nitrogens with zero attached hydrogens (tertiary/aromatic N) is 2. The van der Waals surface area contributed by atoms with Crippen LogP contribution < -0.4 is 16.0 Å². The van der Waals surface area contributed by atoms with Gasteiger partial charge in [0, 0.05) is 43.8 Å². The van der Waals surface area contributed by atoms with Gasteiger partial charge < -0.3 is 25.3 Å². The topological polar surface area (TPSA) is 99.5 Å². The Hall–Kier alpha value is -3.72. The summed E-state index contributed by atoms with van der Waals surface area (Å²) in [5.74, 6) is -0.642. The standard InChI is InChI=1S/C25H28FN5O3/c1-17-21(9-15-34-17)24(32)30-23-16-20(2-3-22(23)26)29-25(33)28-19-7-13-31(14-8-19)12-6-18-4-10-27-11-5-18/h2-5,9-11,15-16,19H,6-8,12-14H2,1H3,(H,30,32)(H2,28,29,33). The minimum absolute atomic E-state index is 0.0223. The van der Waals surface area contributed by atoms with Crippen LogP contribution in [0.1, 0.15) is 34.5 Å². The first-order chi connectivity index (χ1) is 16.5. The van der Waals surface area contributed by atoms with Gasteiger partial charge in [0.2, 0.25) is 0 Å². The van der Waals surface area contributed by atoms with Crippen LogP contribution in [0.3, 0.4) is 0 Å². The van der Waals surface area contributed by atoms with E-state index >= 15 is 0 Å². The van der Waals surface area contributed by atoms with E-state index < -0.39 is 11.7 Å². The summed E-state index contributed by atoms with van der Waals surface area (Å²) in [7, 11) is 0. The van der Waals surface area contributed by atoms with E-state index in [4.69, 9.17) is 4.42 Å². The van der Waals surface area contributed by atoms with Crippen molar-refractivity contribution in [1.29, 1.82) is 0 Å². The van der Waals surface area contributed by atoms with Gasteiger partial charge in [0.05, 0.1) is 17.5 Å². The molecule has 1 aromatic carbocycles. The molecule has 0 spiro atoms. The zero-order valence-corrected chi connectivity index (χ0v) is 19.0. The van der Waals surface area contributed by atoms with Crippen LogP contribution in [0.25, 0.3) is 0 Å². The molecule has 1 aliphatic rings. The second-order valence-electron chi connectivity index (χ2n) is 8.36. The predicted molar refractivity (Wildman–Crippen MR) is 127 cm³/mol. The fourth-order valence-corrected chi connectivity index (χ4v) is 4.00. The lowest BCUT2D eigenvalue weighted by Gasteiger charge is -2.32. The number of nitrogens with one attached hydrogen (secondary N) is 3. The first-order valence-electron chi connectivity index (χ1n) is 11.3. The lowest BCUT2D eigenvalue weighted by atomic mass is 10.0. The zero-order valence-electron chi connectivity index (χ0n) is 19.0. The van der Waals surface area contributed by atoms with Crippen molar-refractivity contribution in [3.8, 4) is 0 Å². The molecule has 0 aliphatic carbocycles. The van der Waals surface area contributed by atoms with Crippen LogP contribution in [0.2, 0.25) is 0 Å². The van der Waals surface area contributed by atoms with Crippen molar-refractivity contribution in [2.75, 3.05) is 30.3 Å². The fraction of sp³-hybridized carbons (Fsp3) is 0.320. The van der Waals surface area contributed by atoms with Crippen LogP contribution >= 0.6 is 0 Å². The number of furan rings is 1. The van der Waals surface area contributed by atoms with E-state index in [9.17, 15) is 14.0 Å². The Bertz CT molecular complexity index is 1130. The first-order valence-corrected chi connectivity index (χ1v) is 11.3. The van der Waals surface area contributed by atoms with Gasteiger partial charge in [0.1, 0.15) is 11.6 Å². The third-order valence-electron chi connectivity index (χ3n) is 5.96. The van der Waals surface area contributed by atoms with Crippen molar-refractivity contribution in [2.45, 2.75) is 32.2 Å². The highest BCUT2D eigenvalue weighted by Crippen LogP contribution is 2.21. The Morgan fingerprint density at radius 3 is 2.59 bits per heavy atom. The number of aromatic nitrogens is 1. The number of carbonyl (C=O) groups is 2. The Morgan fingerprint density at radius 2 is 1.88 bits per heavy atom. The van der Waals surface area contributed by atoms with Crippen molar-refractivity contribution in [3.05, 3.63) is 77.8 Å². The number of carbonyl (C=O) groups excluding carboxylic acids is 2. The highest BCUT2D eigenvalue weighted by Gasteiger charge is 2.21. The number of aryl methyl sites for hydroxylation is 1. The SMILES string of the molecule is Cc1occc1C(=O)Nc1cc(NC(=O)NC2CCN(CCc3ccncc3)CC2)ccc1F. The molecule has 3 N–H and O–H groups in total. The Labute approximate surface area is 197 Å². The monoisotopic (exact) mass is 465 g/mol. The maximum absolute atomic E-state index is 14.2. The van der Waals surface area contributed by atoms with E-state index in [2.05, 4.69) is 25.8 Å². The van der Waals surface area contributed by atoms with Gasteiger partial charge in [-0.15, -0.1) is 0 Å². The highest BCUT2D eigenvalue weighted by atomic mass is 19.1. The number of pyridine rings is 1. The average Bonchev–Trinajstić information content (AvgIpc) is 3.27. The van der Waals surface area contributed by atoms with Crippen LogP contribution in [0.5, 0.6) is 0 Å². The van der Waals surface area contributed by atoms with Gasteiger partial charge in [0.15, 0.2) is 0 Å². The van der Waals surface area contributed by atoms with Crippen LogP contribution in [0.4, 0.5) is 20.6 Å². The number of piperidine rings is 1. The second kappa shape index (κ2) is 10.9. The van der Waals surface area contributed by atoms with Gasteiger partial charge in [-0.25, -0.2) is 9.18 Å². The van der Waals surface area contributed by atoms with Crippen LogP contribution in [0.15, 0.2) is 59.5 Å². The summed E-state index contributed by atoms with van der Waals surface area (Å²) in [6.07, 6.45) is 7.71. The summed E-state index contributed by atoms with van der Waals surface area (Å²) in [5.41, 5.74) is 1.95. The molecule has 0 saturated carbocycles. The maximum atomic E-state index is 14.2. The van der Waals surface area contributed by atoms with E-state index in [-0.39, 0.29) is 17.8 Å². The summed E-state index contributed by atoms with van der Waals surface area (Å²) >= 11 is 0. The van der Waals surface area contributed by atoms with Crippen molar-refractivity contribution in [2.24, 2.45) is 0 Å². The quantitative estimate of drug-likeness (QED) is 0.486. The second-order valence-corrected chi connectivity index (χ2v) is 8.36. The van der Waals surface area contributed by atoms with Crippen molar-refractivity contribution in [3.63, 3.8) is 0 Å². The number of benzene rings is 1. The molecule has 2 aromatic heterocycles. The fourth-order valence-electron chi connectivity index (χ4n) is 4.00. The molecular formula is C25H28FN5O3. The molecule has 3 heterocycles. The molecule has 8 nitrogen and oxygen atoms in total. The predicted octanol–water partition coefficient (Wildman–Crippen LogP) is 4.20. The highest BCUT2D eigenvalue weighted by molar-refractivity contribution is 6.05. The van der Waals surface area contributed by atoms with Gasteiger partial charge in [-0.1, -0.05) is 0 Å². The molecule has 0 unspecified atom stereocenters. The summed E-state index contributed by atoms with van der Waals surface area (Å²) in [6, 6.07) is 9.34. The number of amides is 3. The summed E-state index contributed by atoms with van der Waals surface area (Å²) in [6.45, 7) is 4.46. The number of hydrogen-bond acceptors (Lipinski definition) is 5. The van der Waals surface area contributed by atoms with Crippen molar-refractivity contribution >= 4 is 23.3 Å². The minimum Gasteiger partial charge on any atom is -0.469 e. The van der Waals surface area contributed by atoms with Crippen molar-refractivity contribution < 1.29 is 18.4 Å². The molecular weight excluding hydrogens is 437 g/mol. The molecule has 0 bridgehead atoms. The molecule has 34 heavy (non-hydrogen) atoms. The number of urea groups is 1. The summed E-state index contributed by atoms with van der Waals surface area (Å²) in [4.78, 5) is 31.3. The molecule has 1 aliphatic heterocycles.